The summed E-state index contributed by atoms with van der Waals surface area (Å²) in [6.07, 6.45) is 0. The zero-order valence-corrected chi connectivity index (χ0v) is 16.3. The first kappa shape index (κ1) is 18.4. The van der Waals surface area contributed by atoms with E-state index in [2.05, 4.69) is 53.2 Å². The molecule has 1 aliphatic heterocycles. The van der Waals surface area contributed by atoms with Crippen LogP contribution in [0.3, 0.4) is 0 Å². The molecule has 0 aliphatic carbocycles. The largest absolute Gasteiger partial charge is 0.369 e. The van der Waals surface area contributed by atoms with Gasteiger partial charge in [-0.05, 0) is 49.4 Å². The molecule has 3 rings (SSSR count). The molecule has 0 spiro atoms. The monoisotopic (exact) mass is 368 g/mol. The van der Waals surface area contributed by atoms with Gasteiger partial charge in [0.25, 0.3) is 0 Å². The molecule has 1 aromatic heterocycles. The van der Waals surface area contributed by atoms with Gasteiger partial charge in [-0.1, -0.05) is 12.1 Å². The Morgan fingerprint density at radius 1 is 1.23 bits per heavy atom. The highest BCUT2D eigenvalue weighted by molar-refractivity contribution is 7.14. The van der Waals surface area contributed by atoms with Crippen LogP contribution in [0.25, 0.3) is 0 Å². The van der Waals surface area contributed by atoms with Crippen LogP contribution in [0.1, 0.15) is 23.6 Å². The Hall–Kier alpha value is -2.36. The van der Waals surface area contributed by atoms with Gasteiger partial charge in [-0.15, -0.1) is 11.3 Å². The van der Waals surface area contributed by atoms with Crippen molar-refractivity contribution in [1.82, 2.24) is 4.90 Å². The number of nitrogens with zero attached hydrogens (tertiary/aromatic N) is 3. The molecule has 1 aromatic carbocycles. The zero-order chi connectivity index (χ0) is 18.7. The molecular weight excluding hydrogens is 344 g/mol. The molecule has 2 heterocycles. The molecule has 1 aliphatic rings. The molecule has 26 heavy (non-hydrogen) atoms. The van der Waals surface area contributed by atoms with E-state index in [9.17, 15) is 4.79 Å². The predicted molar refractivity (Wildman–Crippen MR) is 107 cm³/mol. The van der Waals surface area contributed by atoms with E-state index in [1.54, 1.807) is 6.07 Å². The van der Waals surface area contributed by atoms with E-state index < -0.39 is 0 Å². The first-order chi connectivity index (χ1) is 12.5. The molecule has 6 heteroatoms. The number of hydrogen-bond donors (Lipinski definition) is 1. The molecule has 1 fully saturated rings. The van der Waals surface area contributed by atoms with E-state index in [0.717, 1.165) is 26.2 Å². The molecule has 1 atom stereocenters. The van der Waals surface area contributed by atoms with Gasteiger partial charge < -0.3 is 10.2 Å². The number of hydrogen-bond acceptors (Lipinski definition) is 5. The van der Waals surface area contributed by atoms with Gasteiger partial charge in [-0.2, -0.15) is 5.26 Å². The highest BCUT2D eigenvalue weighted by Gasteiger charge is 2.26. The second-order valence-electron chi connectivity index (χ2n) is 6.68. The van der Waals surface area contributed by atoms with Gasteiger partial charge >= 0.3 is 0 Å². The molecule has 136 valence electrons. The predicted octanol–water partition coefficient (Wildman–Crippen LogP) is 3.39. The molecule has 2 aromatic rings. The van der Waals surface area contributed by atoms with Gasteiger partial charge in [0.1, 0.15) is 11.1 Å². The summed E-state index contributed by atoms with van der Waals surface area (Å²) in [6, 6.07) is 10.0. The fourth-order valence-electron chi connectivity index (χ4n) is 3.30. The zero-order valence-electron chi connectivity index (χ0n) is 15.5. The third-order valence-electron chi connectivity index (χ3n) is 5.18. The summed E-state index contributed by atoms with van der Waals surface area (Å²) < 4.78 is 0. The molecule has 1 N–H and O–H groups in total. The highest BCUT2D eigenvalue weighted by Crippen LogP contribution is 2.25. The SMILES string of the molecule is Cc1cccc(N2CCN(C(C)C(=O)Nc3sccc3C#N)CC2)c1C. The van der Waals surface area contributed by atoms with Crippen molar-refractivity contribution in [3.63, 3.8) is 0 Å². The minimum absolute atomic E-state index is 0.0517. The van der Waals surface area contributed by atoms with Crippen molar-refractivity contribution < 1.29 is 4.79 Å². The van der Waals surface area contributed by atoms with E-state index in [1.807, 2.05) is 12.3 Å². The fraction of sp³-hybridized carbons (Fsp3) is 0.400. The molecule has 0 bridgehead atoms. The second kappa shape index (κ2) is 7.90. The van der Waals surface area contributed by atoms with Crippen LogP contribution in [0.15, 0.2) is 29.6 Å². The molecule has 0 radical (unpaired) electrons. The van der Waals surface area contributed by atoms with Crippen LogP contribution in [0.5, 0.6) is 0 Å². The number of carbonyl (C=O) groups is 1. The number of amides is 1. The summed E-state index contributed by atoms with van der Waals surface area (Å²) in [5.74, 6) is -0.0517. The Kier molecular flexibility index (Phi) is 5.60. The lowest BCUT2D eigenvalue weighted by atomic mass is 10.1. The summed E-state index contributed by atoms with van der Waals surface area (Å²) >= 11 is 1.39. The summed E-state index contributed by atoms with van der Waals surface area (Å²) in [5.41, 5.74) is 4.45. The minimum atomic E-state index is -0.218. The Labute approximate surface area is 158 Å². The minimum Gasteiger partial charge on any atom is -0.369 e. The molecule has 0 saturated carbocycles. The average molecular weight is 369 g/mol. The third kappa shape index (κ3) is 3.74. The van der Waals surface area contributed by atoms with Gasteiger partial charge in [-0.3, -0.25) is 9.69 Å². The maximum atomic E-state index is 12.6. The number of aryl methyl sites for hydroxylation is 1. The molecule has 1 amide bonds. The molecule has 1 unspecified atom stereocenters. The van der Waals surface area contributed by atoms with Crippen LogP contribution < -0.4 is 10.2 Å². The van der Waals surface area contributed by atoms with Crippen LogP contribution in [-0.2, 0) is 4.79 Å². The second-order valence-corrected chi connectivity index (χ2v) is 7.60. The van der Waals surface area contributed by atoms with Crippen LogP contribution in [0.4, 0.5) is 10.7 Å². The Bertz CT molecular complexity index is 831. The topological polar surface area (TPSA) is 59.4 Å². The fourth-order valence-corrected chi connectivity index (χ4v) is 4.04. The van der Waals surface area contributed by atoms with Gasteiger partial charge in [-0.25, -0.2) is 0 Å². The summed E-state index contributed by atoms with van der Waals surface area (Å²) in [5, 5.41) is 14.4. The van der Waals surface area contributed by atoms with Crippen LogP contribution in [-0.4, -0.2) is 43.0 Å². The first-order valence-corrected chi connectivity index (χ1v) is 9.73. The maximum absolute atomic E-state index is 12.6. The van der Waals surface area contributed by atoms with Crippen molar-refractivity contribution in [2.75, 3.05) is 36.4 Å². The van der Waals surface area contributed by atoms with E-state index in [-0.39, 0.29) is 11.9 Å². The van der Waals surface area contributed by atoms with Gasteiger partial charge in [0.2, 0.25) is 5.91 Å². The first-order valence-electron chi connectivity index (χ1n) is 8.85. The normalized spacial score (nSPS) is 16.2. The van der Waals surface area contributed by atoms with Crippen molar-refractivity contribution >= 4 is 27.9 Å². The van der Waals surface area contributed by atoms with E-state index in [0.29, 0.717) is 10.6 Å². The number of thiophene rings is 1. The highest BCUT2D eigenvalue weighted by atomic mass is 32.1. The van der Waals surface area contributed by atoms with Gasteiger partial charge in [0.15, 0.2) is 0 Å². The Balaban J connectivity index is 1.60. The van der Waals surface area contributed by atoms with Crippen molar-refractivity contribution in [2.45, 2.75) is 26.8 Å². The maximum Gasteiger partial charge on any atom is 0.242 e. The summed E-state index contributed by atoms with van der Waals surface area (Å²) in [6.45, 7) is 9.74. The molecular formula is C20H24N4OS. The lowest BCUT2D eigenvalue weighted by Crippen LogP contribution is -2.53. The smallest absolute Gasteiger partial charge is 0.242 e. The van der Waals surface area contributed by atoms with Crippen molar-refractivity contribution in [3.8, 4) is 6.07 Å². The quantitative estimate of drug-likeness (QED) is 0.899. The standard InChI is InChI=1S/C20H24N4OS/c1-14-5-4-6-18(15(14)2)24-10-8-23(9-11-24)16(3)19(25)22-20-17(13-21)7-12-26-20/h4-7,12,16H,8-11H2,1-3H3,(H,22,25). The number of nitriles is 1. The summed E-state index contributed by atoms with van der Waals surface area (Å²) in [4.78, 5) is 17.2. The van der Waals surface area contributed by atoms with E-state index in [1.165, 1.54) is 28.2 Å². The van der Waals surface area contributed by atoms with Crippen molar-refractivity contribution in [2.24, 2.45) is 0 Å². The van der Waals surface area contributed by atoms with E-state index in [4.69, 9.17) is 5.26 Å². The number of carbonyl (C=O) groups excluding carboxylic acids is 1. The lowest BCUT2D eigenvalue weighted by Gasteiger charge is -2.39. The molecule has 1 saturated heterocycles. The average Bonchev–Trinajstić information content (AvgIpc) is 3.10. The van der Waals surface area contributed by atoms with Crippen LogP contribution in [0, 0.1) is 25.2 Å². The Morgan fingerprint density at radius 2 is 1.96 bits per heavy atom. The Morgan fingerprint density at radius 3 is 2.65 bits per heavy atom. The number of rotatable bonds is 4. The van der Waals surface area contributed by atoms with Crippen LogP contribution >= 0.6 is 11.3 Å². The number of piperazine rings is 1. The van der Waals surface area contributed by atoms with Crippen molar-refractivity contribution in [1.29, 1.82) is 5.26 Å². The number of benzene rings is 1. The van der Waals surface area contributed by atoms with Crippen molar-refractivity contribution in [3.05, 3.63) is 46.3 Å². The third-order valence-corrected chi connectivity index (χ3v) is 6.01. The number of anilines is 2. The van der Waals surface area contributed by atoms with Gasteiger partial charge in [0, 0.05) is 31.9 Å². The van der Waals surface area contributed by atoms with Crippen LogP contribution in [0.2, 0.25) is 0 Å². The van der Waals surface area contributed by atoms with E-state index >= 15 is 0 Å². The summed E-state index contributed by atoms with van der Waals surface area (Å²) in [7, 11) is 0. The lowest BCUT2D eigenvalue weighted by molar-refractivity contribution is -0.120. The van der Waals surface area contributed by atoms with Gasteiger partial charge in [0.05, 0.1) is 11.6 Å². The number of nitrogens with one attached hydrogen (secondary N) is 1. The molecule has 5 nitrogen and oxygen atoms in total.